The fraction of sp³-hybridized carbons (Fsp3) is 0.444. The second-order valence-corrected chi connectivity index (χ2v) is 6.20. The van der Waals surface area contributed by atoms with E-state index in [1.54, 1.807) is 24.9 Å². The first-order chi connectivity index (χ1) is 7.97. The number of nitrogens with zero attached hydrogens (tertiary/aromatic N) is 2. The topological polar surface area (TPSA) is 90.0 Å². The van der Waals surface area contributed by atoms with E-state index >= 15 is 0 Å². The third-order valence-corrected chi connectivity index (χ3v) is 4.33. The van der Waals surface area contributed by atoms with Gasteiger partial charge in [-0.05, 0) is 0 Å². The maximum atomic E-state index is 11.8. The van der Waals surface area contributed by atoms with E-state index in [2.05, 4.69) is 16.4 Å². The largest absolute Gasteiger partial charge is 0.381 e. The Labute approximate surface area is 105 Å². The molecule has 1 aromatic heterocycles. The Hall–Kier alpha value is -0.990. The van der Waals surface area contributed by atoms with Crippen LogP contribution in [-0.2, 0) is 17.1 Å². The molecule has 8 heteroatoms. The van der Waals surface area contributed by atoms with Crippen molar-refractivity contribution in [3.8, 4) is 0 Å². The van der Waals surface area contributed by atoms with Crippen LogP contribution in [0.15, 0.2) is 23.7 Å². The fourth-order valence-electron chi connectivity index (χ4n) is 1.18. The number of nitrogen functional groups attached to an aromatic ring is 1. The van der Waals surface area contributed by atoms with Gasteiger partial charge in [0, 0.05) is 31.3 Å². The first kappa shape index (κ1) is 14.1. The van der Waals surface area contributed by atoms with Crippen LogP contribution in [0.4, 0.5) is 5.82 Å². The molecule has 6 nitrogen and oxygen atoms in total. The molecule has 1 aromatic rings. The summed E-state index contributed by atoms with van der Waals surface area (Å²) in [5, 5.41) is 3.79. The summed E-state index contributed by atoms with van der Waals surface area (Å²) in [5.41, 5.74) is 5.51. The summed E-state index contributed by atoms with van der Waals surface area (Å²) in [6.07, 6.45) is 3.16. The van der Waals surface area contributed by atoms with E-state index in [0.29, 0.717) is 12.3 Å². The highest BCUT2D eigenvalue weighted by molar-refractivity contribution is 7.99. The lowest BCUT2D eigenvalue weighted by atomic mass is 10.7. The molecule has 0 aromatic carbocycles. The van der Waals surface area contributed by atoms with Crippen LogP contribution in [0.1, 0.15) is 0 Å². The van der Waals surface area contributed by atoms with E-state index in [1.807, 2.05) is 0 Å². The van der Waals surface area contributed by atoms with Gasteiger partial charge in [0.2, 0.25) is 10.0 Å². The monoisotopic (exact) mass is 276 g/mol. The van der Waals surface area contributed by atoms with Gasteiger partial charge in [0.15, 0.2) is 5.82 Å². The molecule has 0 bridgehead atoms. The number of anilines is 1. The predicted octanol–water partition coefficient (Wildman–Crippen LogP) is 0.200. The number of nitrogens with one attached hydrogen (secondary N) is 1. The molecule has 0 saturated heterocycles. The number of hydrogen-bond acceptors (Lipinski definition) is 5. The Morgan fingerprint density at radius 2 is 2.41 bits per heavy atom. The molecule has 0 saturated carbocycles. The summed E-state index contributed by atoms with van der Waals surface area (Å²) in [6.45, 7) is 3.94. The summed E-state index contributed by atoms with van der Waals surface area (Å²) < 4.78 is 27.5. The molecule has 0 spiro atoms. The molecule has 1 heterocycles. The Morgan fingerprint density at radius 3 is 2.94 bits per heavy atom. The van der Waals surface area contributed by atoms with Crippen LogP contribution in [0.5, 0.6) is 0 Å². The van der Waals surface area contributed by atoms with Crippen molar-refractivity contribution in [2.24, 2.45) is 7.05 Å². The lowest BCUT2D eigenvalue weighted by molar-refractivity contribution is 0.584. The van der Waals surface area contributed by atoms with E-state index in [9.17, 15) is 8.42 Å². The van der Waals surface area contributed by atoms with Gasteiger partial charge in [-0.15, -0.1) is 6.58 Å². The quantitative estimate of drug-likeness (QED) is 0.548. The predicted molar refractivity (Wildman–Crippen MR) is 70.3 cm³/mol. The van der Waals surface area contributed by atoms with Gasteiger partial charge in [0.25, 0.3) is 0 Å². The van der Waals surface area contributed by atoms with Crippen LogP contribution in [0.25, 0.3) is 0 Å². The van der Waals surface area contributed by atoms with Gasteiger partial charge >= 0.3 is 0 Å². The molecule has 1 rings (SSSR count). The standard InChI is InChI=1S/C9H16N4O2S2/c1-3-5-16-6-4-11-17(14,15)8-7-13(2)12-9(8)10/h3,7,11H,1,4-6H2,2H3,(H2,10,12). The van der Waals surface area contributed by atoms with Gasteiger partial charge < -0.3 is 5.73 Å². The molecule has 0 amide bonds. The van der Waals surface area contributed by atoms with Crippen molar-refractivity contribution in [1.82, 2.24) is 14.5 Å². The molecular weight excluding hydrogens is 260 g/mol. The van der Waals surface area contributed by atoms with Crippen molar-refractivity contribution in [3.05, 3.63) is 18.9 Å². The Morgan fingerprint density at radius 1 is 1.71 bits per heavy atom. The maximum Gasteiger partial charge on any atom is 0.245 e. The van der Waals surface area contributed by atoms with Gasteiger partial charge in [0.05, 0.1) is 0 Å². The second kappa shape index (κ2) is 6.08. The van der Waals surface area contributed by atoms with E-state index in [-0.39, 0.29) is 10.7 Å². The summed E-state index contributed by atoms with van der Waals surface area (Å²) in [5.74, 6) is 1.50. The zero-order chi connectivity index (χ0) is 12.9. The van der Waals surface area contributed by atoms with Crippen molar-refractivity contribution < 1.29 is 8.42 Å². The van der Waals surface area contributed by atoms with Crippen LogP contribution in [0.3, 0.4) is 0 Å². The first-order valence-electron chi connectivity index (χ1n) is 4.95. The van der Waals surface area contributed by atoms with Crippen LogP contribution in [0, 0.1) is 0 Å². The van der Waals surface area contributed by atoms with Crippen LogP contribution >= 0.6 is 11.8 Å². The normalized spacial score (nSPS) is 11.6. The van der Waals surface area contributed by atoms with Crippen molar-refractivity contribution in [2.45, 2.75) is 4.90 Å². The van der Waals surface area contributed by atoms with Gasteiger partial charge in [0.1, 0.15) is 4.90 Å². The molecule has 3 N–H and O–H groups in total. The zero-order valence-electron chi connectivity index (χ0n) is 9.59. The number of aromatic nitrogens is 2. The zero-order valence-corrected chi connectivity index (χ0v) is 11.2. The number of thioether (sulfide) groups is 1. The van der Waals surface area contributed by atoms with Crippen molar-refractivity contribution >= 4 is 27.6 Å². The highest BCUT2D eigenvalue weighted by Crippen LogP contribution is 2.14. The smallest absolute Gasteiger partial charge is 0.245 e. The summed E-state index contributed by atoms with van der Waals surface area (Å²) in [7, 11) is -1.93. The number of hydrogen-bond donors (Lipinski definition) is 2. The van der Waals surface area contributed by atoms with E-state index in [4.69, 9.17) is 5.73 Å². The molecule has 0 aliphatic rings. The van der Waals surface area contributed by atoms with E-state index < -0.39 is 10.0 Å². The van der Waals surface area contributed by atoms with Gasteiger partial charge in [-0.2, -0.15) is 16.9 Å². The molecule has 0 radical (unpaired) electrons. The SMILES string of the molecule is C=CCSCCNS(=O)(=O)c1cn(C)nc1N. The fourth-order valence-corrected chi connectivity index (χ4v) is 3.03. The van der Waals surface area contributed by atoms with Crippen molar-refractivity contribution in [1.29, 1.82) is 0 Å². The van der Waals surface area contributed by atoms with Crippen LogP contribution in [-0.4, -0.2) is 36.2 Å². The minimum absolute atomic E-state index is 0.0127. The number of aryl methyl sites for hydroxylation is 1. The Kier molecular flexibility index (Phi) is 5.03. The first-order valence-corrected chi connectivity index (χ1v) is 7.58. The Bertz CT molecular complexity index is 481. The molecule has 0 fully saturated rings. The lowest BCUT2D eigenvalue weighted by Gasteiger charge is -2.04. The minimum atomic E-state index is -3.55. The Balaban J connectivity index is 2.57. The van der Waals surface area contributed by atoms with Crippen molar-refractivity contribution in [2.75, 3.05) is 23.8 Å². The highest BCUT2D eigenvalue weighted by atomic mass is 32.2. The molecule has 17 heavy (non-hydrogen) atoms. The third-order valence-electron chi connectivity index (χ3n) is 1.89. The molecule has 0 aliphatic carbocycles. The maximum absolute atomic E-state index is 11.8. The third kappa shape index (κ3) is 4.06. The molecule has 0 unspecified atom stereocenters. The van der Waals surface area contributed by atoms with E-state index in [1.165, 1.54) is 10.9 Å². The molecule has 0 atom stereocenters. The van der Waals surface area contributed by atoms with Crippen molar-refractivity contribution in [3.63, 3.8) is 0 Å². The van der Waals surface area contributed by atoms with Gasteiger partial charge in [-0.3, -0.25) is 4.68 Å². The number of rotatable bonds is 7. The molecule has 0 aliphatic heterocycles. The second-order valence-electron chi connectivity index (χ2n) is 3.31. The lowest BCUT2D eigenvalue weighted by Crippen LogP contribution is -2.26. The summed E-state index contributed by atoms with van der Waals surface area (Å²) in [6, 6.07) is 0. The average Bonchev–Trinajstić information content (AvgIpc) is 2.58. The highest BCUT2D eigenvalue weighted by Gasteiger charge is 2.19. The van der Waals surface area contributed by atoms with Gasteiger partial charge in [-0.1, -0.05) is 6.08 Å². The van der Waals surface area contributed by atoms with Crippen LogP contribution in [0.2, 0.25) is 0 Å². The number of nitrogens with two attached hydrogens (primary N) is 1. The summed E-state index contributed by atoms with van der Waals surface area (Å²) >= 11 is 1.60. The summed E-state index contributed by atoms with van der Waals surface area (Å²) in [4.78, 5) is 0.0220. The molecule has 96 valence electrons. The van der Waals surface area contributed by atoms with Gasteiger partial charge in [-0.25, -0.2) is 13.1 Å². The van der Waals surface area contributed by atoms with Crippen LogP contribution < -0.4 is 10.5 Å². The average molecular weight is 276 g/mol. The molecular formula is C9H16N4O2S2. The number of sulfonamides is 1. The van der Waals surface area contributed by atoms with E-state index in [0.717, 1.165) is 5.75 Å². The minimum Gasteiger partial charge on any atom is -0.381 e.